The quantitative estimate of drug-likeness (QED) is 0.0950. The predicted octanol–water partition coefficient (Wildman–Crippen LogP) is -8.88. The summed E-state index contributed by atoms with van der Waals surface area (Å²) in [7, 11) is 0. The number of aliphatic hydroxyl groups excluding tert-OH is 3. The Kier molecular flexibility index (Phi) is 15.4. The Labute approximate surface area is 273 Å². The fraction of sp³-hybridized carbons (Fsp3) is 0.600. The van der Waals surface area contributed by atoms with Crippen LogP contribution in [0, 0.1) is 0 Å². The molecule has 0 aromatic heterocycles. The Balaban J connectivity index is 2.54. The standard InChI is InChI=1S/C25H43N13O10/c26-3-1-2-10(27)4-16(41)32-12-6-30-23(47)18(11-5-17(42)37-24(28)36-11)38-20(44)13(7-31-25(29)48)33-21(45)14(8-39)35-22(46)15(9-40)34-19(12)43/h7,10-12,14-15,17-18,39-40,42H,1-6,8-9,26-27H2,(H,30,47)(H,32,41)(H,33,45)(H,34,43)(H,35,46)(H,38,44)(H3,28,36,37)(H3,29,31,48)/b13-7+/t10?,11?,12?,14?,15?,17-,18?/m1/s1. The van der Waals surface area contributed by atoms with Crippen molar-refractivity contribution in [1.29, 1.82) is 0 Å². The zero-order valence-corrected chi connectivity index (χ0v) is 25.7. The van der Waals surface area contributed by atoms with Gasteiger partial charge in [-0.2, -0.15) is 0 Å². The number of nitrogens with one attached hydrogen (secondary N) is 8. The molecule has 0 bridgehead atoms. The third kappa shape index (κ3) is 12.3. The van der Waals surface area contributed by atoms with Gasteiger partial charge in [0.2, 0.25) is 29.5 Å². The molecule has 268 valence electrons. The van der Waals surface area contributed by atoms with Gasteiger partial charge in [-0.25, -0.2) is 9.79 Å². The van der Waals surface area contributed by atoms with Gasteiger partial charge >= 0.3 is 6.03 Å². The van der Waals surface area contributed by atoms with Crippen LogP contribution < -0.4 is 65.5 Å². The Bertz CT molecular complexity index is 1280. The van der Waals surface area contributed by atoms with E-state index in [1.165, 1.54) is 0 Å². The average Bonchev–Trinajstić information content (AvgIpc) is 3.02. The maximum absolute atomic E-state index is 13.6. The third-order valence-corrected chi connectivity index (χ3v) is 6.91. The van der Waals surface area contributed by atoms with Crippen molar-refractivity contribution in [3.8, 4) is 0 Å². The molecule has 0 aliphatic carbocycles. The molecule has 19 N–H and O–H groups in total. The van der Waals surface area contributed by atoms with Gasteiger partial charge in [-0.15, -0.1) is 0 Å². The Hall–Kier alpha value is -5.10. The molecule has 2 rings (SSSR count). The molecule has 1 fully saturated rings. The Morgan fingerprint density at radius 2 is 1.62 bits per heavy atom. The first kappa shape index (κ1) is 39.1. The molecular formula is C25H43N13O10. The van der Waals surface area contributed by atoms with Crippen LogP contribution in [0.15, 0.2) is 16.9 Å². The highest BCUT2D eigenvalue weighted by atomic mass is 16.3. The highest BCUT2D eigenvalue weighted by Crippen LogP contribution is 2.11. The predicted molar refractivity (Wildman–Crippen MR) is 164 cm³/mol. The number of amides is 8. The van der Waals surface area contributed by atoms with Crippen molar-refractivity contribution in [3.63, 3.8) is 0 Å². The number of carbonyl (C=O) groups is 7. The first-order chi connectivity index (χ1) is 22.7. The van der Waals surface area contributed by atoms with Crippen LogP contribution in [-0.2, 0) is 28.8 Å². The SMILES string of the molecule is NCCCC(N)CC(=O)NC1CNC(=O)C(C2C[C@@H](O)N=C(N)N2)NC(=O)/C(=C\NC(N)=O)NC(=O)C(CO)NC(=O)C(CO)NC1=O. The largest absolute Gasteiger partial charge is 0.394 e. The third-order valence-electron chi connectivity index (χ3n) is 6.91. The Morgan fingerprint density at radius 1 is 0.979 bits per heavy atom. The summed E-state index contributed by atoms with van der Waals surface area (Å²) in [6.45, 7) is -2.36. The van der Waals surface area contributed by atoms with Crippen molar-refractivity contribution in [1.82, 2.24) is 42.5 Å². The van der Waals surface area contributed by atoms with Gasteiger partial charge in [-0.05, 0) is 19.4 Å². The van der Waals surface area contributed by atoms with Crippen LogP contribution in [0.4, 0.5) is 4.79 Å². The number of aliphatic hydroxyl groups is 3. The minimum absolute atomic E-state index is 0.245. The average molecular weight is 686 g/mol. The van der Waals surface area contributed by atoms with E-state index in [0.29, 0.717) is 25.6 Å². The number of carbonyl (C=O) groups excluding carboxylic acids is 7. The molecular weight excluding hydrogens is 642 g/mol. The molecule has 1 saturated heterocycles. The summed E-state index contributed by atoms with van der Waals surface area (Å²) in [5.41, 5.74) is 21.5. The van der Waals surface area contributed by atoms with Crippen LogP contribution in [0.1, 0.15) is 25.7 Å². The second-order valence-electron chi connectivity index (χ2n) is 10.7. The van der Waals surface area contributed by atoms with Gasteiger partial charge in [0.1, 0.15) is 29.9 Å². The van der Waals surface area contributed by atoms with E-state index in [1.807, 2.05) is 5.32 Å². The summed E-state index contributed by atoms with van der Waals surface area (Å²) in [6.07, 6.45) is -0.339. The lowest BCUT2D eigenvalue weighted by Gasteiger charge is -2.33. The molecule has 48 heavy (non-hydrogen) atoms. The summed E-state index contributed by atoms with van der Waals surface area (Å²) < 4.78 is 0. The number of nitrogens with two attached hydrogens (primary N) is 4. The highest BCUT2D eigenvalue weighted by Gasteiger charge is 2.37. The molecule has 0 radical (unpaired) electrons. The number of aliphatic imine (C=N–C) groups is 1. The monoisotopic (exact) mass is 685 g/mol. The van der Waals surface area contributed by atoms with Crippen LogP contribution in [0.25, 0.3) is 0 Å². The summed E-state index contributed by atoms with van der Waals surface area (Å²) in [5.74, 6) is -6.65. The van der Waals surface area contributed by atoms with E-state index in [9.17, 15) is 48.9 Å². The van der Waals surface area contributed by atoms with E-state index in [-0.39, 0.29) is 18.8 Å². The van der Waals surface area contributed by atoms with E-state index < -0.39 is 109 Å². The van der Waals surface area contributed by atoms with Crippen LogP contribution in [0.3, 0.4) is 0 Å². The van der Waals surface area contributed by atoms with Crippen molar-refractivity contribution in [3.05, 3.63) is 11.9 Å². The van der Waals surface area contributed by atoms with Crippen molar-refractivity contribution in [2.24, 2.45) is 27.9 Å². The molecule has 2 aliphatic heterocycles. The summed E-state index contributed by atoms with van der Waals surface area (Å²) in [6, 6.07) is -9.66. The minimum Gasteiger partial charge on any atom is -0.394 e. The number of guanidine groups is 1. The van der Waals surface area contributed by atoms with Gasteiger partial charge in [0.15, 0.2) is 12.2 Å². The van der Waals surface area contributed by atoms with Crippen molar-refractivity contribution in [2.75, 3.05) is 26.3 Å². The maximum Gasteiger partial charge on any atom is 0.316 e. The highest BCUT2D eigenvalue weighted by molar-refractivity contribution is 6.02. The van der Waals surface area contributed by atoms with Gasteiger partial charge in [-0.3, -0.25) is 28.8 Å². The lowest BCUT2D eigenvalue weighted by molar-refractivity contribution is -0.135. The van der Waals surface area contributed by atoms with Crippen LogP contribution in [0.2, 0.25) is 0 Å². The number of urea groups is 1. The molecule has 0 aromatic rings. The smallest absolute Gasteiger partial charge is 0.316 e. The Morgan fingerprint density at radius 3 is 2.23 bits per heavy atom. The molecule has 2 heterocycles. The number of hydrogen-bond acceptors (Lipinski definition) is 15. The normalized spacial score (nSPS) is 27.6. The lowest BCUT2D eigenvalue weighted by atomic mass is 10.0. The van der Waals surface area contributed by atoms with E-state index in [0.717, 1.165) is 0 Å². The first-order valence-corrected chi connectivity index (χ1v) is 14.7. The number of hydrogen-bond donors (Lipinski definition) is 15. The van der Waals surface area contributed by atoms with Crippen LogP contribution >= 0.6 is 0 Å². The molecule has 0 spiro atoms. The fourth-order valence-corrected chi connectivity index (χ4v) is 4.46. The first-order valence-electron chi connectivity index (χ1n) is 14.7. The van der Waals surface area contributed by atoms with Gasteiger partial charge in [0.25, 0.3) is 5.91 Å². The summed E-state index contributed by atoms with van der Waals surface area (Å²) in [5, 5.41) is 47.9. The van der Waals surface area contributed by atoms with Crippen molar-refractivity contribution in [2.45, 2.75) is 68.2 Å². The van der Waals surface area contributed by atoms with E-state index in [2.05, 4.69) is 42.2 Å². The second-order valence-corrected chi connectivity index (χ2v) is 10.7. The number of rotatable bonds is 10. The van der Waals surface area contributed by atoms with Crippen molar-refractivity contribution < 1.29 is 48.9 Å². The van der Waals surface area contributed by atoms with Gasteiger partial charge in [0, 0.05) is 31.6 Å². The molecule has 23 nitrogen and oxygen atoms in total. The molecule has 2 aliphatic rings. The molecule has 0 saturated carbocycles. The number of nitrogens with zero attached hydrogens (tertiary/aromatic N) is 1. The van der Waals surface area contributed by atoms with Gasteiger partial charge in [0.05, 0.1) is 19.3 Å². The molecule has 0 aromatic carbocycles. The fourth-order valence-electron chi connectivity index (χ4n) is 4.46. The maximum atomic E-state index is 13.6. The molecule has 23 heteroatoms. The summed E-state index contributed by atoms with van der Waals surface area (Å²) >= 11 is 0. The second kappa shape index (κ2) is 18.9. The number of primary amides is 1. The molecule has 8 amide bonds. The van der Waals surface area contributed by atoms with E-state index in [4.69, 9.17) is 22.9 Å². The van der Waals surface area contributed by atoms with E-state index in [1.54, 1.807) is 0 Å². The van der Waals surface area contributed by atoms with Gasteiger partial charge in [-0.1, -0.05) is 0 Å². The summed E-state index contributed by atoms with van der Waals surface area (Å²) in [4.78, 5) is 94.0. The van der Waals surface area contributed by atoms with Crippen molar-refractivity contribution >= 4 is 47.4 Å². The van der Waals surface area contributed by atoms with Crippen LogP contribution in [0.5, 0.6) is 0 Å². The lowest BCUT2D eigenvalue weighted by Crippen LogP contribution is -2.64. The zero-order valence-electron chi connectivity index (χ0n) is 25.7. The molecule has 7 atom stereocenters. The van der Waals surface area contributed by atoms with Gasteiger partial charge < -0.3 is 80.8 Å². The zero-order chi connectivity index (χ0) is 36.0. The van der Waals surface area contributed by atoms with Crippen LogP contribution in [-0.4, -0.2) is 132 Å². The van der Waals surface area contributed by atoms with E-state index >= 15 is 0 Å². The minimum atomic E-state index is -1.78. The molecule has 6 unspecified atom stereocenters. The topological polar surface area (TPSA) is 393 Å².